The van der Waals surface area contributed by atoms with Crippen LogP contribution in [0, 0.1) is 0 Å². The number of carbonyl (C=O) groups is 6. The number of carbonyl (C=O) groups excluding carboxylic acids is 6. The molecule has 146 valence electrons. The zero-order chi connectivity index (χ0) is 19.8. The Morgan fingerprint density at radius 1 is 0.889 bits per heavy atom. The highest BCUT2D eigenvalue weighted by Crippen LogP contribution is 2.13. The van der Waals surface area contributed by atoms with E-state index >= 15 is 0 Å². The summed E-state index contributed by atoms with van der Waals surface area (Å²) >= 11 is 0. The second-order valence-corrected chi connectivity index (χ2v) is 5.69. The van der Waals surface area contributed by atoms with Crippen LogP contribution >= 0.6 is 0 Å². The molecular weight excluding hydrogens is 364 g/mol. The molecule has 1 fully saturated rings. The van der Waals surface area contributed by atoms with Crippen molar-refractivity contribution in [3.8, 4) is 0 Å². The first-order chi connectivity index (χ1) is 12.9. The first-order valence-electron chi connectivity index (χ1n) is 8.31. The van der Waals surface area contributed by atoms with Gasteiger partial charge in [-0.2, -0.15) is 4.89 Å². The number of hydrogen-bond donors (Lipinski definition) is 0. The van der Waals surface area contributed by atoms with Gasteiger partial charge in [-0.3, -0.25) is 29.0 Å². The highest BCUT2D eigenvalue weighted by atomic mass is 17.2. The Labute approximate surface area is 153 Å². The molecule has 0 unspecified atom stereocenters. The van der Waals surface area contributed by atoms with Gasteiger partial charge in [-0.05, 0) is 12.8 Å². The van der Waals surface area contributed by atoms with Gasteiger partial charge in [0.25, 0.3) is 23.6 Å². The van der Waals surface area contributed by atoms with Gasteiger partial charge >= 0.3 is 11.9 Å². The van der Waals surface area contributed by atoms with E-state index in [1.165, 1.54) is 12.2 Å². The summed E-state index contributed by atoms with van der Waals surface area (Å²) in [6.45, 7) is 0.290. The molecule has 0 spiro atoms. The van der Waals surface area contributed by atoms with Crippen molar-refractivity contribution in [1.82, 2.24) is 9.96 Å². The fraction of sp³-hybridized carbons (Fsp3) is 0.500. The van der Waals surface area contributed by atoms with Crippen LogP contribution < -0.4 is 0 Å². The average molecular weight is 382 g/mol. The maximum atomic E-state index is 11.5. The molecule has 11 nitrogen and oxygen atoms in total. The average Bonchev–Trinajstić information content (AvgIpc) is 3.12. The molecular formula is C16H18N2O9. The molecule has 0 aromatic heterocycles. The zero-order valence-electron chi connectivity index (χ0n) is 14.4. The van der Waals surface area contributed by atoms with Crippen molar-refractivity contribution in [1.29, 1.82) is 0 Å². The molecule has 0 atom stereocenters. The van der Waals surface area contributed by atoms with E-state index in [2.05, 4.69) is 14.6 Å². The molecule has 4 amide bonds. The van der Waals surface area contributed by atoms with E-state index in [-0.39, 0.29) is 50.6 Å². The monoisotopic (exact) mass is 382 g/mol. The number of hydroxylamine groups is 2. The Bertz CT molecular complexity index is 651. The minimum atomic E-state index is -0.913. The summed E-state index contributed by atoms with van der Waals surface area (Å²) in [5, 5.41) is 0.398. The summed E-state index contributed by atoms with van der Waals surface area (Å²) in [7, 11) is 0. The van der Waals surface area contributed by atoms with Gasteiger partial charge in [0.2, 0.25) is 0 Å². The number of unbranched alkanes of at least 4 members (excludes halogenated alkanes) is 1. The molecule has 0 aromatic rings. The van der Waals surface area contributed by atoms with E-state index in [1.807, 2.05) is 0 Å². The third kappa shape index (κ3) is 5.99. The molecule has 0 bridgehead atoms. The van der Waals surface area contributed by atoms with Gasteiger partial charge in [0, 0.05) is 31.5 Å². The molecule has 2 aliphatic rings. The van der Waals surface area contributed by atoms with Gasteiger partial charge < -0.3 is 4.84 Å². The van der Waals surface area contributed by atoms with Crippen LogP contribution in [0.25, 0.3) is 0 Å². The molecule has 0 aromatic carbocycles. The van der Waals surface area contributed by atoms with Crippen molar-refractivity contribution in [2.24, 2.45) is 0 Å². The van der Waals surface area contributed by atoms with E-state index in [1.54, 1.807) is 0 Å². The molecule has 0 N–H and O–H groups in total. The lowest BCUT2D eigenvalue weighted by molar-refractivity contribution is -0.272. The van der Waals surface area contributed by atoms with Crippen LogP contribution in [0.15, 0.2) is 12.2 Å². The molecule has 0 saturated carbocycles. The Morgan fingerprint density at radius 3 is 2.11 bits per heavy atom. The van der Waals surface area contributed by atoms with Gasteiger partial charge in [-0.1, -0.05) is 0 Å². The maximum absolute atomic E-state index is 11.5. The van der Waals surface area contributed by atoms with Crippen LogP contribution in [0.4, 0.5) is 0 Å². The third-order valence-electron chi connectivity index (χ3n) is 3.64. The van der Waals surface area contributed by atoms with Crippen molar-refractivity contribution < 1.29 is 43.4 Å². The minimum Gasteiger partial charge on any atom is -0.330 e. The standard InChI is InChI=1S/C16H18N2O9/c19-11-3-4-12(20)17(11)9-1-2-10-25-27-16(24)8-7-15(23)26-18-13(21)5-6-14(18)22/h3-4H,1-2,5-10H2. The van der Waals surface area contributed by atoms with Gasteiger partial charge in [0.15, 0.2) is 0 Å². The summed E-state index contributed by atoms with van der Waals surface area (Å²) in [5.74, 6) is -3.67. The lowest BCUT2D eigenvalue weighted by Gasteiger charge is -2.13. The number of hydrogen-bond acceptors (Lipinski definition) is 9. The zero-order valence-corrected chi connectivity index (χ0v) is 14.4. The number of imide groups is 2. The van der Waals surface area contributed by atoms with Crippen molar-refractivity contribution in [2.75, 3.05) is 13.2 Å². The topological polar surface area (TPSA) is 137 Å². The lowest BCUT2D eigenvalue weighted by atomic mass is 10.3. The number of amides is 4. The van der Waals surface area contributed by atoms with E-state index in [9.17, 15) is 28.8 Å². The molecule has 0 radical (unpaired) electrons. The second kappa shape index (κ2) is 9.57. The van der Waals surface area contributed by atoms with Gasteiger partial charge in [0.05, 0.1) is 19.4 Å². The Balaban J connectivity index is 1.50. The van der Waals surface area contributed by atoms with E-state index < -0.39 is 23.8 Å². The molecule has 27 heavy (non-hydrogen) atoms. The summed E-state index contributed by atoms with van der Waals surface area (Å²) < 4.78 is 0. The van der Waals surface area contributed by atoms with Crippen molar-refractivity contribution in [3.63, 3.8) is 0 Å². The maximum Gasteiger partial charge on any atom is 0.342 e. The lowest BCUT2D eigenvalue weighted by Crippen LogP contribution is -2.32. The predicted octanol–water partition coefficient (Wildman–Crippen LogP) is -0.446. The van der Waals surface area contributed by atoms with Crippen LogP contribution in [0.5, 0.6) is 0 Å². The molecule has 2 rings (SSSR count). The quantitative estimate of drug-likeness (QED) is 0.213. The smallest absolute Gasteiger partial charge is 0.330 e. The Hall–Kier alpha value is -3.08. The van der Waals surface area contributed by atoms with Gasteiger partial charge in [-0.15, -0.1) is 5.06 Å². The summed E-state index contributed by atoms with van der Waals surface area (Å²) in [5.41, 5.74) is 0. The summed E-state index contributed by atoms with van der Waals surface area (Å²) in [4.78, 5) is 82.9. The van der Waals surface area contributed by atoms with E-state index in [0.717, 1.165) is 4.90 Å². The van der Waals surface area contributed by atoms with Crippen LogP contribution in [0.1, 0.15) is 38.5 Å². The highest BCUT2D eigenvalue weighted by molar-refractivity contribution is 6.12. The molecule has 2 heterocycles. The van der Waals surface area contributed by atoms with Gasteiger partial charge in [0.1, 0.15) is 0 Å². The molecule has 11 heteroatoms. The highest BCUT2D eigenvalue weighted by Gasteiger charge is 2.32. The second-order valence-electron chi connectivity index (χ2n) is 5.69. The Morgan fingerprint density at radius 2 is 1.48 bits per heavy atom. The van der Waals surface area contributed by atoms with Crippen molar-refractivity contribution >= 4 is 35.6 Å². The summed E-state index contributed by atoms with van der Waals surface area (Å²) in [6.07, 6.45) is 2.54. The van der Waals surface area contributed by atoms with Crippen LogP contribution in [0.3, 0.4) is 0 Å². The largest absolute Gasteiger partial charge is 0.342 e. The van der Waals surface area contributed by atoms with Gasteiger partial charge in [-0.25, -0.2) is 9.59 Å². The van der Waals surface area contributed by atoms with Crippen LogP contribution in [-0.4, -0.2) is 58.7 Å². The SMILES string of the molecule is O=C(CCC(=O)ON1C(=O)CCC1=O)OOCCCCN1C(=O)C=CC1=O. The first kappa shape index (κ1) is 20.2. The van der Waals surface area contributed by atoms with E-state index in [4.69, 9.17) is 0 Å². The van der Waals surface area contributed by atoms with Crippen molar-refractivity contribution in [2.45, 2.75) is 38.5 Å². The van der Waals surface area contributed by atoms with Crippen LogP contribution in [0.2, 0.25) is 0 Å². The van der Waals surface area contributed by atoms with E-state index in [0.29, 0.717) is 17.9 Å². The minimum absolute atomic E-state index is 0.0153. The normalized spacial score (nSPS) is 16.4. The third-order valence-corrected chi connectivity index (χ3v) is 3.64. The fourth-order valence-electron chi connectivity index (χ4n) is 2.24. The van der Waals surface area contributed by atoms with Crippen molar-refractivity contribution in [3.05, 3.63) is 12.2 Å². The molecule has 2 aliphatic heterocycles. The van der Waals surface area contributed by atoms with Crippen LogP contribution in [-0.2, 0) is 43.4 Å². The fourth-order valence-corrected chi connectivity index (χ4v) is 2.24. The summed E-state index contributed by atoms with van der Waals surface area (Å²) in [6, 6.07) is 0. The Kier molecular flexibility index (Phi) is 7.17. The predicted molar refractivity (Wildman–Crippen MR) is 83.6 cm³/mol. The number of nitrogens with zero attached hydrogens (tertiary/aromatic N) is 2. The number of rotatable bonds is 10. The molecule has 1 saturated heterocycles. The first-order valence-corrected chi connectivity index (χ1v) is 8.31. The molecule has 0 aliphatic carbocycles.